The van der Waals surface area contributed by atoms with Crippen molar-refractivity contribution >= 4 is 0 Å². The van der Waals surface area contributed by atoms with E-state index in [0.717, 1.165) is 5.57 Å². The van der Waals surface area contributed by atoms with E-state index in [-0.39, 0.29) is 0 Å². The number of nitriles is 1. The molecule has 0 amide bonds. The third-order valence-electron chi connectivity index (χ3n) is 0.381. The standard InChI is InChI=1S/C5H7N/c1-5(2)3-4-6/h1,3H2,2H3. The highest BCUT2D eigenvalue weighted by Crippen LogP contribution is 1.89. The van der Waals surface area contributed by atoms with Gasteiger partial charge in [-0.3, -0.25) is 0 Å². The molecule has 0 aromatic rings. The molecule has 0 atom stereocenters. The third kappa shape index (κ3) is 3.23. The van der Waals surface area contributed by atoms with Crippen molar-refractivity contribution in [2.24, 2.45) is 0 Å². The van der Waals surface area contributed by atoms with Gasteiger partial charge in [-0.1, -0.05) is 12.2 Å². The van der Waals surface area contributed by atoms with E-state index in [0.29, 0.717) is 6.42 Å². The summed E-state index contributed by atoms with van der Waals surface area (Å²) in [5, 5.41) is 7.93. The minimum Gasteiger partial charge on any atom is -0.198 e. The molecule has 0 unspecified atom stereocenters. The molecule has 6 heavy (non-hydrogen) atoms. The molecule has 0 bridgehead atoms. The van der Waals surface area contributed by atoms with Crippen LogP contribution in [0.25, 0.3) is 0 Å². The lowest BCUT2D eigenvalue weighted by Crippen LogP contribution is -1.63. The predicted octanol–water partition coefficient (Wildman–Crippen LogP) is 1.48. The normalized spacial score (nSPS) is 6.67. The fourth-order valence-corrected chi connectivity index (χ4v) is 0.135. The van der Waals surface area contributed by atoms with Crippen LogP contribution in [-0.4, -0.2) is 0 Å². The minimum absolute atomic E-state index is 0.486. The summed E-state index contributed by atoms with van der Waals surface area (Å²) in [5.41, 5.74) is 0.928. The summed E-state index contributed by atoms with van der Waals surface area (Å²) >= 11 is 0. The smallest absolute Gasteiger partial charge is 0.0665 e. The van der Waals surface area contributed by atoms with Crippen LogP contribution in [-0.2, 0) is 0 Å². The molecule has 0 radical (unpaired) electrons. The van der Waals surface area contributed by atoms with Crippen LogP contribution in [0.2, 0.25) is 0 Å². The maximum atomic E-state index is 7.93. The first-order valence-corrected chi connectivity index (χ1v) is 1.78. The molecule has 1 heteroatoms. The van der Waals surface area contributed by atoms with Gasteiger partial charge in [0.15, 0.2) is 0 Å². The Labute approximate surface area is 37.9 Å². The molecule has 0 N–H and O–H groups in total. The molecule has 0 spiro atoms. The Morgan fingerprint density at radius 1 is 2.00 bits per heavy atom. The van der Waals surface area contributed by atoms with Gasteiger partial charge in [-0.05, 0) is 6.92 Å². The topological polar surface area (TPSA) is 23.8 Å². The van der Waals surface area contributed by atoms with Crippen LogP contribution in [0.4, 0.5) is 0 Å². The Bertz CT molecular complexity index is 86.6. The van der Waals surface area contributed by atoms with Crippen molar-refractivity contribution in [1.29, 1.82) is 5.26 Å². The van der Waals surface area contributed by atoms with Crippen LogP contribution >= 0.6 is 0 Å². The summed E-state index contributed by atoms with van der Waals surface area (Å²) in [6.07, 6.45) is 0.486. The summed E-state index contributed by atoms with van der Waals surface area (Å²) in [7, 11) is 0. The number of hydrogen-bond donors (Lipinski definition) is 0. The Hall–Kier alpha value is -0.770. The highest BCUT2D eigenvalue weighted by Gasteiger charge is 1.74. The van der Waals surface area contributed by atoms with Crippen LogP contribution in [0, 0.1) is 11.3 Å². The van der Waals surface area contributed by atoms with Gasteiger partial charge in [0, 0.05) is 0 Å². The van der Waals surface area contributed by atoms with Gasteiger partial charge < -0.3 is 0 Å². The lowest BCUT2D eigenvalue weighted by Gasteiger charge is -1.77. The minimum atomic E-state index is 0.486. The monoisotopic (exact) mass is 81.1 g/mol. The maximum absolute atomic E-state index is 7.93. The van der Waals surface area contributed by atoms with Gasteiger partial charge in [0.1, 0.15) is 0 Å². The molecule has 0 saturated carbocycles. The van der Waals surface area contributed by atoms with Crippen LogP contribution in [0.3, 0.4) is 0 Å². The summed E-state index contributed by atoms with van der Waals surface area (Å²) in [6.45, 7) is 5.36. The van der Waals surface area contributed by atoms with E-state index in [4.69, 9.17) is 5.26 Å². The van der Waals surface area contributed by atoms with Crippen molar-refractivity contribution in [3.8, 4) is 6.07 Å². The first kappa shape index (κ1) is 5.23. The quantitative estimate of drug-likeness (QED) is 0.438. The fourth-order valence-electron chi connectivity index (χ4n) is 0.135. The average molecular weight is 81.1 g/mol. The van der Waals surface area contributed by atoms with Crippen molar-refractivity contribution in [2.45, 2.75) is 13.3 Å². The molecule has 0 aliphatic rings. The number of nitrogens with zero attached hydrogens (tertiary/aromatic N) is 1. The molecule has 0 rings (SSSR count). The molecular formula is C5H7N. The molecular weight excluding hydrogens is 74.1 g/mol. The van der Waals surface area contributed by atoms with Crippen molar-refractivity contribution in [1.82, 2.24) is 0 Å². The highest BCUT2D eigenvalue weighted by molar-refractivity contribution is 4.97. The van der Waals surface area contributed by atoms with Crippen LogP contribution in [0.1, 0.15) is 13.3 Å². The number of allylic oxidation sites excluding steroid dienone is 1. The first-order chi connectivity index (χ1) is 2.77. The second-order valence-corrected chi connectivity index (χ2v) is 1.29. The zero-order valence-corrected chi connectivity index (χ0v) is 3.86. The molecule has 1 nitrogen and oxygen atoms in total. The maximum Gasteiger partial charge on any atom is 0.0665 e. The zero-order chi connectivity index (χ0) is 4.99. The first-order valence-electron chi connectivity index (χ1n) is 1.78. The molecule has 0 aliphatic carbocycles. The Morgan fingerprint density at radius 2 is 2.50 bits per heavy atom. The average Bonchev–Trinajstić information content (AvgIpc) is 1.35. The number of hydrogen-bond acceptors (Lipinski definition) is 1. The zero-order valence-electron chi connectivity index (χ0n) is 3.86. The van der Waals surface area contributed by atoms with Gasteiger partial charge in [-0.2, -0.15) is 5.26 Å². The molecule has 0 aliphatic heterocycles. The van der Waals surface area contributed by atoms with E-state index in [2.05, 4.69) is 6.58 Å². The van der Waals surface area contributed by atoms with Crippen molar-refractivity contribution in [3.63, 3.8) is 0 Å². The summed E-state index contributed by atoms with van der Waals surface area (Å²) < 4.78 is 0. The molecule has 32 valence electrons. The van der Waals surface area contributed by atoms with E-state index in [9.17, 15) is 0 Å². The van der Waals surface area contributed by atoms with Crippen LogP contribution in [0.5, 0.6) is 0 Å². The van der Waals surface area contributed by atoms with E-state index in [1.807, 2.05) is 13.0 Å². The lowest BCUT2D eigenvalue weighted by molar-refractivity contribution is 1.23. The van der Waals surface area contributed by atoms with E-state index in [1.165, 1.54) is 0 Å². The van der Waals surface area contributed by atoms with Crippen LogP contribution in [0.15, 0.2) is 12.2 Å². The summed E-state index contributed by atoms with van der Waals surface area (Å²) in [4.78, 5) is 0. The van der Waals surface area contributed by atoms with Gasteiger partial charge in [-0.15, -0.1) is 0 Å². The number of rotatable bonds is 1. The molecule has 0 aromatic carbocycles. The SMILES string of the molecule is C=C(C)CC#N. The summed E-state index contributed by atoms with van der Waals surface area (Å²) in [6, 6.07) is 1.97. The van der Waals surface area contributed by atoms with E-state index >= 15 is 0 Å². The second kappa shape index (κ2) is 2.47. The van der Waals surface area contributed by atoms with Gasteiger partial charge in [0.25, 0.3) is 0 Å². The molecule has 0 fully saturated rings. The highest BCUT2D eigenvalue weighted by atomic mass is 14.2. The summed E-state index contributed by atoms with van der Waals surface area (Å²) in [5.74, 6) is 0. The van der Waals surface area contributed by atoms with E-state index in [1.54, 1.807) is 0 Å². The van der Waals surface area contributed by atoms with Crippen molar-refractivity contribution < 1.29 is 0 Å². The molecule has 0 heterocycles. The third-order valence-corrected chi connectivity index (χ3v) is 0.381. The predicted molar refractivity (Wildman–Crippen MR) is 25.0 cm³/mol. The van der Waals surface area contributed by atoms with Gasteiger partial charge >= 0.3 is 0 Å². The van der Waals surface area contributed by atoms with Crippen molar-refractivity contribution in [3.05, 3.63) is 12.2 Å². The Morgan fingerprint density at radius 3 is 2.50 bits per heavy atom. The van der Waals surface area contributed by atoms with Crippen LogP contribution < -0.4 is 0 Å². The fraction of sp³-hybridized carbons (Fsp3) is 0.400. The molecule has 0 saturated heterocycles. The lowest BCUT2D eigenvalue weighted by atomic mass is 10.3. The second-order valence-electron chi connectivity index (χ2n) is 1.29. The van der Waals surface area contributed by atoms with E-state index < -0.39 is 0 Å². The van der Waals surface area contributed by atoms with Gasteiger partial charge in [-0.25, -0.2) is 0 Å². The van der Waals surface area contributed by atoms with Crippen molar-refractivity contribution in [2.75, 3.05) is 0 Å². The Balaban J connectivity index is 3.13. The largest absolute Gasteiger partial charge is 0.198 e. The Kier molecular flexibility index (Phi) is 2.15. The van der Waals surface area contributed by atoms with Gasteiger partial charge in [0.2, 0.25) is 0 Å². The molecule has 0 aromatic heterocycles. The van der Waals surface area contributed by atoms with Gasteiger partial charge in [0.05, 0.1) is 12.5 Å².